The highest BCUT2D eigenvalue weighted by molar-refractivity contribution is 6.28. The highest BCUT2D eigenvalue weighted by Gasteiger charge is 2.29. The van der Waals surface area contributed by atoms with Gasteiger partial charge in [0, 0.05) is 31.1 Å². The number of anilines is 2. The van der Waals surface area contributed by atoms with E-state index in [0.717, 1.165) is 22.5 Å². The molecule has 0 radical (unpaired) electrons. The minimum atomic E-state index is -0.215. The van der Waals surface area contributed by atoms with Crippen LogP contribution in [0.25, 0.3) is 27.7 Å². The van der Waals surface area contributed by atoms with Crippen molar-refractivity contribution in [3.8, 4) is 16.8 Å². The van der Waals surface area contributed by atoms with Crippen molar-refractivity contribution in [2.24, 2.45) is 14.1 Å². The quantitative estimate of drug-likeness (QED) is 0.426. The number of carbonyl (C=O) groups is 1. The van der Waals surface area contributed by atoms with E-state index in [1.54, 1.807) is 39.2 Å². The van der Waals surface area contributed by atoms with Crippen molar-refractivity contribution in [2.75, 3.05) is 5.32 Å². The zero-order valence-corrected chi connectivity index (χ0v) is 19.5. The van der Waals surface area contributed by atoms with Crippen LogP contribution in [0.4, 0.5) is 11.4 Å². The summed E-state index contributed by atoms with van der Waals surface area (Å²) in [4.78, 5) is 39.9. The molecule has 0 spiro atoms. The average molecular weight is 463 g/mol. The van der Waals surface area contributed by atoms with E-state index < -0.39 is 0 Å². The lowest BCUT2D eigenvalue weighted by atomic mass is 9.83. The number of aryl methyl sites for hydroxylation is 1. The number of ketones is 1. The number of aromatic nitrogens is 3. The lowest BCUT2D eigenvalue weighted by Gasteiger charge is -2.23. The molecule has 2 heterocycles. The average Bonchev–Trinajstić information content (AvgIpc) is 3.08. The van der Waals surface area contributed by atoms with Gasteiger partial charge in [0.15, 0.2) is 5.78 Å². The Morgan fingerprint density at radius 1 is 0.771 bits per heavy atom. The van der Waals surface area contributed by atoms with E-state index in [0.29, 0.717) is 33.4 Å². The van der Waals surface area contributed by atoms with Crippen molar-refractivity contribution in [3.05, 3.63) is 110 Å². The summed E-state index contributed by atoms with van der Waals surface area (Å²) in [5, 5.41) is 3.98. The number of carbonyl (C=O) groups excluding carboxylic acids is 1. The third kappa shape index (κ3) is 2.88. The molecule has 172 valence electrons. The first-order valence-corrected chi connectivity index (χ1v) is 11.3. The minimum Gasteiger partial charge on any atom is -0.349 e. The molecule has 0 saturated carbocycles. The van der Waals surface area contributed by atoms with Crippen molar-refractivity contribution in [1.29, 1.82) is 0 Å². The van der Waals surface area contributed by atoms with E-state index in [2.05, 4.69) is 5.32 Å². The van der Waals surface area contributed by atoms with Gasteiger partial charge in [-0.3, -0.25) is 19.1 Å². The molecular weight excluding hydrogens is 440 g/mol. The lowest BCUT2D eigenvalue weighted by molar-refractivity contribution is 0.104. The van der Waals surface area contributed by atoms with E-state index in [4.69, 9.17) is 0 Å². The van der Waals surface area contributed by atoms with Crippen LogP contribution in [0.15, 0.2) is 82.4 Å². The molecule has 0 amide bonds. The number of hydrogen-bond donors (Lipinski definition) is 1. The van der Waals surface area contributed by atoms with Crippen molar-refractivity contribution >= 4 is 28.1 Å². The molecule has 1 aliphatic carbocycles. The smallest absolute Gasteiger partial charge is 0.295 e. The van der Waals surface area contributed by atoms with E-state index in [1.165, 1.54) is 0 Å². The Morgan fingerprint density at radius 3 is 2.20 bits per heavy atom. The summed E-state index contributed by atoms with van der Waals surface area (Å²) in [5.74, 6) is -0.142. The molecule has 0 unspecified atom stereocenters. The summed E-state index contributed by atoms with van der Waals surface area (Å²) in [6, 6.07) is 21.9. The molecule has 5 aromatic rings. The molecule has 7 nitrogen and oxygen atoms in total. The number of nitrogens with zero attached hydrogens (tertiary/aromatic N) is 3. The molecule has 0 atom stereocenters. The lowest BCUT2D eigenvalue weighted by Crippen LogP contribution is -2.22. The van der Waals surface area contributed by atoms with Crippen molar-refractivity contribution in [1.82, 2.24) is 13.9 Å². The SMILES string of the molecule is Cc1c(Nc2ccc3c4c(cc(=O)n3C)-c3ccccc3C(=O)c24)c(=O)n(-c2ccccc2)n1C. The highest BCUT2D eigenvalue weighted by atomic mass is 16.1. The van der Waals surface area contributed by atoms with Crippen LogP contribution in [-0.4, -0.2) is 19.7 Å². The predicted molar refractivity (Wildman–Crippen MR) is 137 cm³/mol. The second-order valence-electron chi connectivity index (χ2n) is 8.77. The summed E-state index contributed by atoms with van der Waals surface area (Å²) in [7, 11) is 3.53. The highest BCUT2D eigenvalue weighted by Crippen LogP contribution is 2.41. The van der Waals surface area contributed by atoms with Gasteiger partial charge in [-0.15, -0.1) is 0 Å². The van der Waals surface area contributed by atoms with Crippen molar-refractivity contribution < 1.29 is 4.79 Å². The van der Waals surface area contributed by atoms with Crippen LogP contribution in [0.5, 0.6) is 0 Å². The van der Waals surface area contributed by atoms with Crippen LogP contribution < -0.4 is 16.4 Å². The number of hydrogen-bond acceptors (Lipinski definition) is 4. The Labute approximate surface area is 200 Å². The zero-order valence-electron chi connectivity index (χ0n) is 19.5. The fourth-order valence-electron chi connectivity index (χ4n) is 5.01. The maximum Gasteiger partial charge on any atom is 0.295 e. The first-order valence-electron chi connectivity index (χ1n) is 11.3. The van der Waals surface area contributed by atoms with Gasteiger partial charge in [-0.25, -0.2) is 4.68 Å². The summed E-state index contributed by atoms with van der Waals surface area (Å²) in [6.45, 7) is 1.86. The molecule has 7 heteroatoms. The van der Waals surface area contributed by atoms with Gasteiger partial charge in [-0.2, -0.15) is 0 Å². The molecule has 1 N–H and O–H groups in total. The van der Waals surface area contributed by atoms with Gasteiger partial charge >= 0.3 is 0 Å². The molecule has 3 aromatic carbocycles. The van der Waals surface area contributed by atoms with Gasteiger partial charge in [0.05, 0.1) is 28.1 Å². The molecule has 2 aromatic heterocycles. The van der Waals surface area contributed by atoms with Crippen LogP contribution in [0.2, 0.25) is 0 Å². The number of pyridine rings is 1. The molecule has 0 fully saturated rings. The topological polar surface area (TPSA) is 78.0 Å². The van der Waals surface area contributed by atoms with Gasteiger partial charge in [-0.1, -0.05) is 42.5 Å². The maximum absolute atomic E-state index is 13.7. The first kappa shape index (κ1) is 20.9. The Bertz CT molecular complexity index is 1810. The number of nitrogens with one attached hydrogen (secondary N) is 1. The fraction of sp³-hybridized carbons (Fsp3) is 0.107. The Morgan fingerprint density at radius 2 is 1.46 bits per heavy atom. The van der Waals surface area contributed by atoms with E-state index in [1.807, 2.05) is 68.6 Å². The maximum atomic E-state index is 13.7. The van der Waals surface area contributed by atoms with E-state index >= 15 is 0 Å². The molecule has 1 aliphatic rings. The van der Waals surface area contributed by atoms with Crippen LogP contribution in [-0.2, 0) is 14.1 Å². The summed E-state index contributed by atoms with van der Waals surface area (Å²) in [6.07, 6.45) is 0. The zero-order chi connectivity index (χ0) is 24.4. The summed E-state index contributed by atoms with van der Waals surface area (Å²) in [5.41, 5.74) is 5.18. The van der Waals surface area contributed by atoms with Gasteiger partial charge in [-0.05, 0) is 42.3 Å². The standard InChI is InChI=1S/C28H22N4O3/c1-16-26(28(35)32(31(16)3)17-9-5-4-6-10-17)29-21-13-14-22-24-20(15-23(33)30(22)2)18-11-7-8-12-19(18)27(34)25(21)24/h4-15,29H,1-3H3. The van der Waals surface area contributed by atoms with E-state index in [9.17, 15) is 14.4 Å². The normalized spacial score (nSPS) is 12.1. The number of benzene rings is 3. The Hall–Kier alpha value is -4.65. The molecular formula is C28H22N4O3. The van der Waals surface area contributed by atoms with Gasteiger partial charge in [0.2, 0.25) is 0 Å². The molecule has 35 heavy (non-hydrogen) atoms. The number of fused-ring (bicyclic) bond motifs is 2. The fourth-order valence-corrected chi connectivity index (χ4v) is 5.01. The number of rotatable bonds is 3. The largest absolute Gasteiger partial charge is 0.349 e. The molecule has 0 aliphatic heterocycles. The van der Waals surface area contributed by atoms with Crippen LogP contribution in [0, 0.1) is 6.92 Å². The summed E-state index contributed by atoms with van der Waals surface area (Å²) >= 11 is 0. The third-order valence-electron chi connectivity index (χ3n) is 6.92. The molecule has 0 saturated heterocycles. The van der Waals surface area contributed by atoms with E-state index in [-0.39, 0.29) is 16.9 Å². The van der Waals surface area contributed by atoms with Crippen molar-refractivity contribution in [3.63, 3.8) is 0 Å². The monoisotopic (exact) mass is 462 g/mol. The van der Waals surface area contributed by atoms with Gasteiger partial charge in [0.1, 0.15) is 5.69 Å². The summed E-state index contributed by atoms with van der Waals surface area (Å²) < 4.78 is 4.93. The Kier molecular flexibility index (Phi) is 4.44. The van der Waals surface area contributed by atoms with Gasteiger partial charge < -0.3 is 9.88 Å². The second-order valence-corrected chi connectivity index (χ2v) is 8.77. The molecule has 6 rings (SSSR count). The van der Waals surface area contributed by atoms with Crippen LogP contribution in [0.3, 0.4) is 0 Å². The molecule has 0 bridgehead atoms. The predicted octanol–water partition coefficient (Wildman–Crippen LogP) is 4.29. The van der Waals surface area contributed by atoms with Crippen LogP contribution >= 0.6 is 0 Å². The van der Waals surface area contributed by atoms with Gasteiger partial charge in [0.25, 0.3) is 11.1 Å². The minimum absolute atomic E-state index is 0.142. The van der Waals surface area contributed by atoms with Crippen LogP contribution in [0.1, 0.15) is 21.6 Å². The third-order valence-corrected chi connectivity index (χ3v) is 6.92. The Balaban J connectivity index is 1.62. The second kappa shape index (κ2) is 7.43. The number of para-hydroxylation sites is 1. The van der Waals surface area contributed by atoms with Crippen molar-refractivity contribution in [2.45, 2.75) is 6.92 Å². The first-order chi connectivity index (χ1) is 16.9.